The Morgan fingerprint density at radius 1 is 1.25 bits per heavy atom. The average molecular weight is 453 g/mol. The zero-order valence-electron chi connectivity index (χ0n) is 16.5. The fraction of sp³-hybridized carbons (Fsp3) is 0.316. The topological polar surface area (TPSA) is 123 Å². The SMILES string of the molecule is O=C(O)C(F)(F)F.O=C(c1ccco1)N1CCCn2c(nc(Cn3ccnc3)cc2=O)C1. The van der Waals surface area contributed by atoms with Crippen molar-refractivity contribution >= 4 is 11.9 Å². The van der Waals surface area contributed by atoms with E-state index >= 15 is 0 Å². The highest BCUT2D eigenvalue weighted by Gasteiger charge is 2.38. The number of nitrogens with zero attached hydrogens (tertiary/aromatic N) is 5. The standard InChI is InChI=1S/C17H17N5O3.C2HF3O2/c23-16-9-13(10-20-7-4-18-12-20)19-15-11-21(5-2-6-22(15)16)17(24)14-3-1-8-25-14;3-2(4,5)1(6)7/h1,3-4,7-9,12H,2,5-6,10-11H2;(H,6,7). The summed E-state index contributed by atoms with van der Waals surface area (Å²) < 4.78 is 40.4. The van der Waals surface area contributed by atoms with Gasteiger partial charge in [-0.05, 0) is 18.6 Å². The molecule has 0 unspecified atom stereocenters. The van der Waals surface area contributed by atoms with Crippen LogP contribution in [-0.2, 0) is 24.4 Å². The number of alkyl halides is 3. The Morgan fingerprint density at radius 3 is 2.59 bits per heavy atom. The molecule has 0 spiro atoms. The first kappa shape index (κ1) is 22.8. The number of imidazole rings is 1. The van der Waals surface area contributed by atoms with Crippen LogP contribution in [0.1, 0.15) is 28.5 Å². The van der Waals surface area contributed by atoms with Gasteiger partial charge in [0.25, 0.3) is 11.5 Å². The van der Waals surface area contributed by atoms with E-state index in [1.54, 1.807) is 40.2 Å². The van der Waals surface area contributed by atoms with E-state index in [1.165, 1.54) is 6.26 Å². The Kier molecular flexibility index (Phi) is 6.76. The average Bonchev–Trinajstić information content (AvgIpc) is 3.38. The van der Waals surface area contributed by atoms with Gasteiger partial charge in [-0.25, -0.2) is 14.8 Å². The van der Waals surface area contributed by atoms with Crippen LogP contribution in [0.2, 0.25) is 0 Å². The Labute approximate surface area is 178 Å². The van der Waals surface area contributed by atoms with Gasteiger partial charge >= 0.3 is 12.1 Å². The number of hydrogen-bond acceptors (Lipinski definition) is 6. The van der Waals surface area contributed by atoms with Gasteiger partial charge in [0.05, 0.1) is 31.4 Å². The van der Waals surface area contributed by atoms with Crippen LogP contribution < -0.4 is 5.56 Å². The maximum Gasteiger partial charge on any atom is 0.490 e. The van der Waals surface area contributed by atoms with Crippen molar-refractivity contribution in [2.45, 2.75) is 32.2 Å². The Morgan fingerprint density at radius 2 is 2.00 bits per heavy atom. The minimum atomic E-state index is -5.08. The van der Waals surface area contributed by atoms with Gasteiger partial charge in [0.1, 0.15) is 5.82 Å². The minimum Gasteiger partial charge on any atom is -0.475 e. The third kappa shape index (κ3) is 5.62. The molecule has 4 rings (SSSR count). The predicted molar refractivity (Wildman–Crippen MR) is 102 cm³/mol. The molecule has 1 aliphatic rings. The fourth-order valence-corrected chi connectivity index (χ4v) is 3.01. The second-order valence-corrected chi connectivity index (χ2v) is 6.75. The van der Waals surface area contributed by atoms with Crippen molar-refractivity contribution in [2.24, 2.45) is 0 Å². The lowest BCUT2D eigenvalue weighted by atomic mass is 10.3. The summed E-state index contributed by atoms with van der Waals surface area (Å²) in [6, 6.07) is 4.88. The molecule has 0 fully saturated rings. The van der Waals surface area contributed by atoms with E-state index in [0.29, 0.717) is 43.3 Å². The molecule has 1 aliphatic heterocycles. The van der Waals surface area contributed by atoms with E-state index in [0.717, 1.165) is 0 Å². The number of hydrogen-bond donors (Lipinski definition) is 1. The van der Waals surface area contributed by atoms with Crippen molar-refractivity contribution in [3.8, 4) is 0 Å². The van der Waals surface area contributed by atoms with Gasteiger partial charge < -0.3 is 19.0 Å². The minimum absolute atomic E-state index is 0.0904. The van der Waals surface area contributed by atoms with Gasteiger partial charge in [-0.15, -0.1) is 0 Å². The van der Waals surface area contributed by atoms with Crippen molar-refractivity contribution in [3.05, 3.63) is 70.8 Å². The number of carbonyl (C=O) groups excluding carboxylic acids is 1. The zero-order chi connectivity index (χ0) is 23.3. The molecule has 32 heavy (non-hydrogen) atoms. The van der Waals surface area contributed by atoms with E-state index in [-0.39, 0.29) is 18.0 Å². The second-order valence-electron chi connectivity index (χ2n) is 6.75. The summed E-state index contributed by atoms with van der Waals surface area (Å²) in [5, 5.41) is 7.12. The summed E-state index contributed by atoms with van der Waals surface area (Å²) in [4.78, 5) is 44.2. The first-order valence-corrected chi connectivity index (χ1v) is 9.33. The highest BCUT2D eigenvalue weighted by molar-refractivity contribution is 5.91. The van der Waals surface area contributed by atoms with Gasteiger partial charge in [0, 0.05) is 31.5 Å². The molecule has 0 bridgehead atoms. The predicted octanol–water partition coefficient (Wildman–Crippen LogP) is 1.76. The number of fused-ring (bicyclic) bond motifs is 1. The fourth-order valence-electron chi connectivity index (χ4n) is 3.01. The van der Waals surface area contributed by atoms with Crippen LogP contribution in [0, 0.1) is 0 Å². The maximum atomic E-state index is 12.6. The van der Waals surface area contributed by atoms with Crippen LogP contribution in [0.5, 0.6) is 0 Å². The number of furan rings is 1. The van der Waals surface area contributed by atoms with Crippen molar-refractivity contribution in [3.63, 3.8) is 0 Å². The van der Waals surface area contributed by atoms with Crippen molar-refractivity contribution in [1.82, 2.24) is 24.0 Å². The normalized spacial score (nSPS) is 13.5. The van der Waals surface area contributed by atoms with Gasteiger partial charge in [0.2, 0.25) is 0 Å². The number of carboxylic acid groups (broad SMARTS) is 1. The molecular weight excluding hydrogens is 435 g/mol. The molecule has 0 atom stereocenters. The van der Waals surface area contributed by atoms with Crippen LogP contribution in [0.4, 0.5) is 13.2 Å². The summed E-state index contributed by atoms with van der Waals surface area (Å²) in [5.41, 5.74) is 0.564. The molecule has 0 saturated carbocycles. The third-order valence-electron chi connectivity index (χ3n) is 4.45. The molecule has 13 heteroatoms. The van der Waals surface area contributed by atoms with E-state index in [2.05, 4.69) is 9.97 Å². The second kappa shape index (κ2) is 9.49. The number of rotatable bonds is 3. The number of carbonyl (C=O) groups is 2. The molecule has 170 valence electrons. The first-order valence-electron chi connectivity index (χ1n) is 9.33. The Hall–Kier alpha value is -3.90. The van der Waals surface area contributed by atoms with Gasteiger partial charge in [-0.2, -0.15) is 13.2 Å². The maximum absolute atomic E-state index is 12.6. The number of aromatic nitrogens is 4. The molecule has 1 N–H and O–H groups in total. The van der Waals surface area contributed by atoms with Crippen LogP contribution in [-0.4, -0.2) is 53.7 Å². The van der Waals surface area contributed by atoms with Crippen molar-refractivity contribution in [2.75, 3.05) is 6.54 Å². The largest absolute Gasteiger partial charge is 0.490 e. The van der Waals surface area contributed by atoms with Gasteiger partial charge in [-0.3, -0.25) is 14.2 Å². The molecule has 3 aromatic heterocycles. The molecule has 4 heterocycles. The van der Waals surface area contributed by atoms with Crippen molar-refractivity contribution in [1.29, 1.82) is 0 Å². The summed E-state index contributed by atoms with van der Waals surface area (Å²) in [5.74, 6) is -2.05. The zero-order valence-corrected chi connectivity index (χ0v) is 16.5. The Bertz CT molecular complexity index is 1120. The molecule has 3 aromatic rings. The molecule has 0 aromatic carbocycles. The third-order valence-corrected chi connectivity index (χ3v) is 4.45. The molecule has 0 saturated heterocycles. The summed E-state index contributed by atoms with van der Waals surface area (Å²) in [6.45, 7) is 1.86. The lowest BCUT2D eigenvalue weighted by Gasteiger charge is -2.19. The van der Waals surface area contributed by atoms with Crippen LogP contribution in [0.25, 0.3) is 0 Å². The quantitative estimate of drug-likeness (QED) is 0.641. The molecule has 10 nitrogen and oxygen atoms in total. The van der Waals surface area contributed by atoms with Gasteiger partial charge in [0.15, 0.2) is 5.76 Å². The highest BCUT2D eigenvalue weighted by atomic mass is 19.4. The number of halogens is 3. The monoisotopic (exact) mass is 453 g/mol. The highest BCUT2D eigenvalue weighted by Crippen LogP contribution is 2.14. The lowest BCUT2D eigenvalue weighted by Crippen LogP contribution is -2.32. The van der Waals surface area contributed by atoms with Crippen LogP contribution in [0.15, 0.2) is 52.4 Å². The van der Waals surface area contributed by atoms with Crippen molar-refractivity contribution < 1.29 is 32.3 Å². The van der Waals surface area contributed by atoms with E-state index in [9.17, 15) is 22.8 Å². The van der Waals surface area contributed by atoms with E-state index < -0.39 is 12.1 Å². The van der Waals surface area contributed by atoms with Crippen LogP contribution in [0.3, 0.4) is 0 Å². The number of amides is 1. The molecule has 1 amide bonds. The van der Waals surface area contributed by atoms with Gasteiger partial charge in [-0.1, -0.05) is 0 Å². The van der Waals surface area contributed by atoms with Crippen LogP contribution >= 0.6 is 0 Å². The number of carboxylic acids is 1. The number of aliphatic carboxylic acids is 1. The Balaban J connectivity index is 0.000000360. The molecular formula is C19H18F3N5O5. The van der Waals surface area contributed by atoms with E-state index in [1.807, 2.05) is 10.8 Å². The molecule has 0 radical (unpaired) electrons. The smallest absolute Gasteiger partial charge is 0.475 e. The first-order chi connectivity index (χ1) is 15.1. The summed E-state index contributed by atoms with van der Waals surface area (Å²) >= 11 is 0. The summed E-state index contributed by atoms with van der Waals surface area (Å²) in [7, 11) is 0. The molecule has 0 aliphatic carbocycles. The van der Waals surface area contributed by atoms with E-state index in [4.69, 9.17) is 14.3 Å². The summed E-state index contributed by atoms with van der Waals surface area (Å²) in [6.07, 6.45) is 2.27. The lowest BCUT2D eigenvalue weighted by molar-refractivity contribution is -0.192.